The molecule has 0 fully saturated rings. The lowest BCUT2D eigenvalue weighted by molar-refractivity contribution is -0.123. The van der Waals surface area contributed by atoms with Crippen molar-refractivity contribution in [3.63, 3.8) is 0 Å². The van der Waals surface area contributed by atoms with Gasteiger partial charge in [-0.05, 0) is 27.7 Å². The van der Waals surface area contributed by atoms with Crippen LogP contribution in [0.2, 0.25) is 0 Å². The van der Waals surface area contributed by atoms with Crippen LogP contribution in [-0.2, 0) is 4.79 Å². The lowest BCUT2D eigenvalue weighted by Gasteiger charge is -2.13. The molecule has 100 valence electrons. The summed E-state index contributed by atoms with van der Waals surface area (Å²) in [4.78, 5) is 23.1. The quantitative estimate of drug-likeness (QED) is 0.729. The highest BCUT2D eigenvalue weighted by Crippen LogP contribution is 2.18. The van der Waals surface area contributed by atoms with Gasteiger partial charge in [0.15, 0.2) is 0 Å². The molecule has 1 unspecified atom stereocenters. The number of nitrogens with zero attached hydrogens (tertiary/aromatic N) is 2. The molecule has 3 amide bonds. The average molecular weight is 253 g/mol. The number of nitrogen functional groups attached to an aromatic ring is 1. The zero-order valence-electron chi connectivity index (χ0n) is 11.1. The van der Waals surface area contributed by atoms with Crippen molar-refractivity contribution in [3.8, 4) is 0 Å². The Morgan fingerprint density at radius 1 is 1.44 bits per heavy atom. The van der Waals surface area contributed by atoms with Crippen molar-refractivity contribution in [1.82, 2.24) is 20.4 Å². The Balaban J connectivity index is 2.80. The van der Waals surface area contributed by atoms with Crippen LogP contribution in [0.5, 0.6) is 0 Å². The van der Waals surface area contributed by atoms with Gasteiger partial charge in [0.25, 0.3) is 5.91 Å². The highest BCUT2D eigenvalue weighted by molar-refractivity contribution is 5.96. The molecule has 1 aromatic heterocycles. The van der Waals surface area contributed by atoms with Gasteiger partial charge in [-0.15, -0.1) is 0 Å². The summed E-state index contributed by atoms with van der Waals surface area (Å²) in [6.07, 6.45) is 0. The predicted molar refractivity (Wildman–Crippen MR) is 68.0 cm³/mol. The number of urea groups is 1. The van der Waals surface area contributed by atoms with E-state index in [1.165, 1.54) is 4.68 Å². The first-order chi connectivity index (χ1) is 8.38. The third-order valence-electron chi connectivity index (χ3n) is 2.70. The van der Waals surface area contributed by atoms with Gasteiger partial charge in [0.2, 0.25) is 0 Å². The van der Waals surface area contributed by atoms with E-state index in [0.29, 0.717) is 23.6 Å². The summed E-state index contributed by atoms with van der Waals surface area (Å²) < 4.78 is 1.51. The summed E-state index contributed by atoms with van der Waals surface area (Å²) >= 11 is 0. The second-order valence-electron chi connectivity index (χ2n) is 4.05. The monoisotopic (exact) mass is 253 g/mol. The van der Waals surface area contributed by atoms with E-state index in [1.54, 1.807) is 27.7 Å². The molecule has 0 bridgehead atoms. The fraction of sp³-hybridized carbons (Fsp3) is 0.545. The number of nitrogens with one attached hydrogen (secondary N) is 2. The fourth-order valence-corrected chi connectivity index (χ4v) is 1.58. The third kappa shape index (κ3) is 2.79. The minimum Gasteiger partial charge on any atom is -0.396 e. The Labute approximate surface area is 106 Å². The number of hydrogen-bond donors (Lipinski definition) is 3. The average Bonchev–Trinajstić information content (AvgIpc) is 2.56. The van der Waals surface area contributed by atoms with Crippen LogP contribution in [0.3, 0.4) is 0 Å². The van der Waals surface area contributed by atoms with Gasteiger partial charge in [-0.25, -0.2) is 4.79 Å². The maximum atomic E-state index is 11.8. The van der Waals surface area contributed by atoms with Crippen LogP contribution in [0.1, 0.15) is 31.3 Å². The van der Waals surface area contributed by atoms with Crippen LogP contribution in [0, 0.1) is 13.8 Å². The van der Waals surface area contributed by atoms with Gasteiger partial charge in [-0.2, -0.15) is 5.10 Å². The van der Waals surface area contributed by atoms with Crippen molar-refractivity contribution in [3.05, 3.63) is 11.4 Å². The molecular weight excluding hydrogens is 234 g/mol. The Morgan fingerprint density at radius 2 is 2.06 bits per heavy atom. The molecule has 0 saturated carbocycles. The van der Waals surface area contributed by atoms with Crippen molar-refractivity contribution in [1.29, 1.82) is 0 Å². The van der Waals surface area contributed by atoms with Crippen molar-refractivity contribution in [2.75, 3.05) is 12.3 Å². The van der Waals surface area contributed by atoms with Crippen LogP contribution in [-0.4, -0.2) is 28.3 Å². The van der Waals surface area contributed by atoms with Gasteiger partial charge in [0.1, 0.15) is 6.04 Å². The second kappa shape index (κ2) is 5.52. The van der Waals surface area contributed by atoms with Gasteiger partial charge in [0.05, 0.1) is 17.1 Å². The number of carbonyl (C=O) groups is 2. The van der Waals surface area contributed by atoms with Crippen LogP contribution in [0.15, 0.2) is 0 Å². The summed E-state index contributed by atoms with van der Waals surface area (Å²) in [5, 5.41) is 8.92. The topological polar surface area (TPSA) is 102 Å². The highest BCUT2D eigenvalue weighted by Gasteiger charge is 2.21. The maximum absolute atomic E-state index is 11.8. The van der Waals surface area contributed by atoms with E-state index >= 15 is 0 Å². The zero-order valence-corrected chi connectivity index (χ0v) is 11.1. The molecule has 1 rings (SSSR count). The molecule has 0 saturated heterocycles. The fourth-order valence-electron chi connectivity index (χ4n) is 1.58. The molecule has 18 heavy (non-hydrogen) atoms. The smallest absolute Gasteiger partial charge is 0.321 e. The van der Waals surface area contributed by atoms with Gasteiger partial charge < -0.3 is 11.1 Å². The summed E-state index contributed by atoms with van der Waals surface area (Å²) in [5.41, 5.74) is 7.74. The zero-order chi connectivity index (χ0) is 13.9. The van der Waals surface area contributed by atoms with E-state index < -0.39 is 18.0 Å². The van der Waals surface area contributed by atoms with E-state index in [2.05, 4.69) is 15.7 Å². The van der Waals surface area contributed by atoms with Crippen molar-refractivity contribution in [2.45, 2.75) is 33.7 Å². The number of carbonyl (C=O) groups excluding carboxylic acids is 2. The van der Waals surface area contributed by atoms with Gasteiger partial charge in [0, 0.05) is 6.54 Å². The third-order valence-corrected chi connectivity index (χ3v) is 2.70. The van der Waals surface area contributed by atoms with E-state index in [-0.39, 0.29) is 0 Å². The van der Waals surface area contributed by atoms with Crippen molar-refractivity contribution >= 4 is 17.6 Å². The molecule has 4 N–H and O–H groups in total. The molecule has 0 aliphatic carbocycles. The Hall–Kier alpha value is -2.05. The molecule has 1 heterocycles. The first-order valence-electron chi connectivity index (χ1n) is 5.78. The Morgan fingerprint density at radius 3 is 2.50 bits per heavy atom. The van der Waals surface area contributed by atoms with Crippen LogP contribution >= 0.6 is 0 Å². The molecule has 0 aromatic carbocycles. The first kappa shape index (κ1) is 14.0. The predicted octanol–water partition coefficient (Wildman–Crippen LogP) is 0.489. The van der Waals surface area contributed by atoms with Crippen molar-refractivity contribution in [2.24, 2.45) is 0 Å². The Bertz CT molecular complexity index is 466. The summed E-state index contributed by atoms with van der Waals surface area (Å²) in [7, 11) is 0. The van der Waals surface area contributed by atoms with Crippen LogP contribution in [0.25, 0.3) is 0 Å². The molecule has 1 aromatic rings. The number of imide groups is 1. The normalized spacial score (nSPS) is 12.0. The summed E-state index contributed by atoms with van der Waals surface area (Å²) in [5.74, 6) is -0.424. The number of anilines is 1. The number of aryl methyl sites for hydroxylation is 1. The molecule has 7 nitrogen and oxygen atoms in total. The van der Waals surface area contributed by atoms with Crippen molar-refractivity contribution < 1.29 is 9.59 Å². The molecule has 0 aliphatic heterocycles. The van der Waals surface area contributed by atoms with Gasteiger partial charge in [-0.3, -0.25) is 14.8 Å². The molecule has 0 spiro atoms. The SMILES string of the molecule is CCNC(=O)NC(=O)C(C)n1nc(C)c(N)c1C. The molecule has 0 radical (unpaired) electrons. The number of hydrogen-bond acceptors (Lipinski definition) is 4. The van der Waals surface area contributed by atoms with E-state index in [4.69, 9.17) is 5.73 Å². The second-order valence-corrected chi connectivity index (χ2v) is 4.05. The molecule has 1 atom stereocenters. The van der Waals surface area contributed by atoms with Crippen LogP contribution < -0.4 is 16.4 Å². The lowest BCUT2D eigenvalue weighted by Crippen LogP contribution is -2.42. The van der Waals surface area contributed by atoms with Gasteiger partial charge >= 0.3 is 6.03 Å². The highest BCUT2D eigenvalue weighted by atomic mass is 16.2. The number of amides is 3. The van der Waals surface area contributed by atoms with E-state index in [1.807, 2.05) is 0 Å². The van der Waals surface area contributed by atoms with E-state index in [0.717, 1.165) is 0 Å². The molecule has 7 heteroatoms. The number of nitrogens with two attached hydrogens (primary N) is 1. The number of aromatic nitrogens is 2. The summed E-state index contributed by atoms with van der Waals surface area (Å²) in [6.45, 7) is 7.45. The lowest BCUT2D eigenvalue weighted by atomic mass is 10.3. The molecule has 0 aliphatic rings. The van der Waals surface area contributed by atoms with E-state index in [9.17, 15) is 9.59 Å². The largest absolute Gasteiger partial charge is 0.396 e. The van der Waals surface area contributed by atoms with Gasteiger partial charge in [-0.1, -0.05) is 0 Å². The Kier molecular flexibility index (Phi) is 4.30. The maximum Gasteiger partial charge on any atom is 0.321 e. The molecular formula is C11H19N5O2. The number of rotatable bonds is 3. The van der Waals surface area contributed by atoms with Crippen LogP contribution in [0.4, 0.5) is 10.5 Å². The summed E-state index contributed by atoms with van der Waals surface area (Å²) in [6, 6.07) is -1.10. The standard InChI is InChI=1S/C11H19N5O2/c1-5-13-11(18)14-10(17)8(4)16-7(3)9(12)6(2)15-16/h8H,5,12H2,1-4H3,(H2,13,14,17,18). The minimum absolute atomic E-state index is 0.424. The first-order valence-corrected chi connectivity index (χ1v) is 5.78. The minimum atomic E-state index is -0.594.